The predicted molar refractivity (Wildman–Crippen MR) is 112 cm³/mol. The summed E-state index contributed by atoms with van der Waals surface area (Å²) in [5, 5.41) is 0. The standard InChI is InChI=1S/C18H23NO10.C2H6O3S/c1-7-10(28-16(22)26-7)5-24-14(20)12-9-3-4-18(19,13(9)12)15(21)25-6-11-8(2)27-17(23)29-11;1-2-6(3,4)5/h7-13H,3-6,19H2,1-2H3;2H2,1H3,(H,3,4,5)/t7?,8?,9-,10?,11?,12-,13-,18-;/m0./s1. The Morgan fingerprint density at radius 2 is 1.51 bits per heavy atom. The van der Waals surface area contributed by atoms with Crippen molar-refractivity contribution in [2.75, 3.05) is 19.0 Å². The first kappa shape index (κ1) is 26.9. The van der Waals surface area contributed by atoms with E-state index in [1.54, 1.807) is 13.8 Å². The minimum atomic E-state index is -3.66. The third-order valence-corrected chi connectivity index (χ3v) is 7.28. The van der Waals surface area contributed by atoms with Crippen LogP contribution in [-0.2, 0) is 48.1 Å². The number of carbonyl (C=O) groups excluding carboxylic acids is 4. The van der Waals surface area contributed by atoms with Crippen molar-refractivity contribution >= 4 is 34.4 Å². The zero-order valence-electron chi connectivity index (χ0n) is 19.4. The maximum atomic E-state index is 12.6. The van der Waals surface area contributed by atoms with Gasteiger partial charge >= 0.3 is 24.2 Å². The van der Waals surface area contributed by atoms with Crippen molar-refractivity contribution in [1.29, 1.82) is 0 Å². The Morgan fingerprint density at radius 1 is 1.03 bits per heavy atom. The van der Waals surface area contributed by atoms with Crippen LogP contribution < -0.4 is 5.73 Å². The van der Waals surface area contributed by atoms with Gasteiger partial charge in [-0.05, 0) is 39.5 Å². The van der Waals surface area contributed by atoms with Gasteiger partial charge in [-0.15, -0.1) is 0 Å². The van der Waals surface area contributed by atoms with Crippen LogP contribution in [0.15, 0.2) is 0 Å². The van der Waals surface area contributed by atoms with Gasteiger partial charge in [0.1, 0.15) is 31.0 Å². The lowest BCUT2D eigenvalue weighted by Crippen LogP contribution is -2.51. The third-order valence-electron chi connectivity index (χ3n) is 6.55. The predicted octanol–water partition coefficient (Wildman–Crippen LogP) is 0.168. The first-order chi connectivity index (χ1) is 16.3. The van der Waals surface area contributed by atoms with Crippen molar-refractivity contribution < 1.29 is 60.6 Å². The summed E-state index contributed by atoms with van der Waals surface area (Å²) in [6.07, 6.45) is -2.98. The van der Waals surface area contributed by atoms with Gasteiger partial charge < -0.3 is 34.2 Å². The molecule has 4 unspecified atom stereocenters. The molecule has 0 amide bonds. The Bertz CT molecular complexity index is 968. The molecule has 0 spiro atoms. The normalized spacial score (nSPS) is 37.0. The minimum absolute atomic E-state index is 0.0496. The molecule has 2 aliphatic heterocycles. The second-order valence-corrected chi connectivity index (χ2v) is 10.6. The topological polar surface area (TPSA) is 204 Å². The van der Waals surface area contributed by atoms with E-state index in [9.17, 15) is 27.6 Å². The zero-order valence-corrected chi connectivity index (χ0v) is 20.2. The summed E-state index contributed by atoms with van der Waals surface area (Å²) < 4.78 is 56.9. The van der Waals surface area contributed by atoms with Crippen molar-refractivity contribution in [2.45, 2.75) is 63.6 Å². The summed E-state index contributed by atoms with van der Waals surface area (Å²) in [6, 6.07) is 0. The fraction of sp³-hybridized carbons (Fsp3) is 0.800. The highest BCUT2D eigenvalue weighted by Gasteiger charge is 2.70. The zero-order chi connectivity index (χ0) is 26.1. The minimum Gasteiger partial charge on any atom is -0.461 e. The van der Waals surface area contributed by atoms with Crippen LogP contribution in [0.1, 0.15) is 33.6 Å². The molecular weight excluding hydrogens is 494 g/mol. The lowest BCUT2D eigenvalue weighted by Gasteiger charge is -2.25. The summed E-state index contributed by atoms with van der Waals surface area (Å²) in [7, 11) is -3.66. The fourth-order valence-corrected chi connectivity index (χ4v) is 4.41. The van der Waals surface area contributed by atoms with E-state index in [2.05, 4.69) is 0 Å². The third kappa shape index (κ3) is 6.13. The number of esters is 2. The van der Waals surface area contributed by atoms with Crippen LogP contribution in [0.5, 0.6) is 0 Å². The Balaban J connectivity index is 0.000000509. The Hall–Kier alpha value is -2.65. The van der Waals surface area contributed by atoms with E-state index in [1.165, 1.54) is 6.92 Å². The molecule has 0 aromatic rings. The van der Waals surface area contributed by atoms with Crippen molar-refractivity contribution in [1.82, 2.24) is 0 Å². The number of hydrogen-bond acceptors (Lipinski definition) is 13. The molecule has 35 heavy (non-hydrogen) atoms. The van der Waals surface area contributed by atoms with Crippen LogP contribution in [-0.4, -0.2) is 86.1 Å². The van der Waals surface area contributed by atoms with Crippen LogP contribution in [0.2, 0.25) is 0 Å². The second-order valence-electron chi connectivity index (χ2n) is 8.85. The molecule has 15 heteroatoms. The molecule has 3 N–H and O–H groups in total. The molecule has 4 rings (SSSR count). The summed E-state index contributed by atoms with van der Waals surface area (Å²) >= 11 is 0. The lowest BCUT2D eigenvalue weighted by molar-refractivity contribution is -0.155. The number of hydrogen-bond donors (Lipinski definition) is 2. The molecule has 2 aliphatic carbocycles. The van der Waals surface area contributed by atoms with Crippen molar-refractivity contribution in [3.8, 4) is 0 Å². The fourth-order valence-electron chi connectivity index (χ4n) is 4.41. The number of fused-ring (bicyclic) bond motifs is 1. The van der Waals surface area contributed by atoms with E-state index in [0.717, 1.165) is 0 Å². The first-order valence-corrected chi connectivity index (χ1v) is 12.7. The number of ether oxygens (including phenoxy) is 6. The molecule has 0 aromatic heterocycles. The molecule has 198 valence electrons. The molecule has 2 saturated heterocycles. The molecule has 2 heterocycles. The maximum absolute atomic E-state index is 12.6. The van der Waals surface area contributed by atoms with Crippen LogP contribution in [0.25, 0.3) is 0 Å². The van der Waals surface area contributed by atoms with Crippen molar-refractivity contribution in [2.24, 2.45) is 23.5 Å². The highest BCUT2D eigenvalue weighted by Crippen LogP contribution is 2.62. The SMILES string of the molecule is CC1OC(=O)OC1COC(=O)[C@H]1[C@@H]2CC[C@@](N)(C(=O)OCC3OC(=O)OC3C)[C@@H]21.CCS(=O)(=O)O. The molecule has 14 nitrogen and oxygen atoms in total. The van der Waals surface area contributed by atoms with Gasteiger partial charge in [0.25, 0.3) is 10.1 Å². The monoisotopic (exact) mass is 523 g/mol. The van der Waals surface area contributed by atoms with E-state index in [-0.39, 0.29) is 30.8 Å². The van der Waals surface area contributed by atoms with Crippen LogP contribution in [0.3, 0.4) is 0 Å². The molecule has 0 radical (unpaired) electrons. The highest BCUT2D eigenvalue weighted by atomic mass is 32.2. The van der Waals surface area contributed by atoms with Gasteiger partial charge in [0, 0.05) is 5.92 Å². The average molecular weight is 524 g/mol. The Labute approximate surface area is 201 Å². The molecule has 4 fully saturated rings. The average Bonchev–Trinajstić information content (AvgIpc) is 3.10. The highest BCUT2D eigenvalue weighted by molar-refractivity contribution is 7.85. The molecule has 0 bridgehead atoms. The van der Waals surface area contributed by atoms with Crippen LogP contribution in [0.4, 0.5) is 9.59 Å². The van der Waals surface area contributed by atoms with E-state index in [4.69, 9.17) is 38.7 Å². The smallest absolute Gasteiger partial charge is 0.461 e. The molecule has 4 aliphatic rings. The summed E-state index contributed by atoms with van der Waals surface area (Å²) in [5.41, 5.74) is 5.02. The second kappa shape index (κ2) is 10.1. The van der Waals surface area contributed by atoms with Crippen LogP contribution >= 0.6 is 0 Å². The first-order valence-electron chi connectivity index (χ1n) is 11.1. The van der Waals surface area contributed by atoms with Gasteiger partial charge in [0.15, 0.2) is 12.2 Å². The largest absolute Gasteiger partial charge is 0.509 e. The Kier molecular flexibility index (Phi) is 7.81. The summed E-state index contributed by atoms with van der Waals surface area (Å²) in [5.74, 6) is -2.24. The number of cyclic esters (lactones) is 4. The lowest BCUT2D eigenvalue weighted by atomic mass is 9.91. The van der Waals surface area contributed by atoms with Crippen molar-refractivity contribution in [3.05, 3.63) is 0 Å². The van der Waals surface area contributed by atoms with Gasteiger partial charge in [-0.2, -0.15) is 8.42 Å². The summed E-state index contributed by atoms with van der Waals surface area (Å²) in [6.45, 7) is 4.36. The van der Waals surface area contributed by atoms with Gasteiger partial charge in [-0.1, -0.05) is 0 Å². The maximum Gasteiger partial charge on any atom is 0.509 e. The Morgan fingerprint density at radius 3 is 1.94 bits per heavy atom. The number of carbonyl (C=O) groups is 4. The quantitative estimate of drug-likeness (QED) is 0.259. The van der Waals surface area contributed by atoms with E-state index < -0.39 is 70.2 Å². The molecular formula is C20H29NO13S. The van der Waals surface area contributed by atoms with E-state index in [1.807, 2.05) is 0 Å². The van der Waals surface area contributed by atoms with E-state index in [0.29, 0.717) is 12.8 Å². The van der Waals surface area contributed by atoms with Crippen molar-refractivity contribution in [3.63, 3.8) is 0 Å². The molecule has 0 aromatic carbocycles. The van der Waals surface area contributed by atoms with Gasteiger partial charge in [-0.25, -0.2) is 9.59 Å². The van der Waals surface area contributed by atoms with Gasteiger partial charge in [0.2, 0.25) is 0 Å². The van der Waals surface area contributed by atoms with Crippen LogP contribution in [0, 0.1) is 17.8 Å². The molecule has 2 saturated carbocycles. The van der Waals surface area contributed by atoms with E-state index >= 15 is 0 Å². The van der Waals surface area contributed by atoms with Gasteiger partial charge in [-0.3, -0.25) is 14.1 Å². The number of nitrogens with two attached hydrogens (primary N) is 1. The summed E-state index contributed by atoms with van der Waals surface area (Å²) in [4.78, 5) is 47.2. The van der Waals surface area contributed by atoms with Gasteiger partial charge in [0.05, 0.1) is 11.7 Å². The number of rotatable bonds is 7. The molecule has 8 atom stereocenters.